The monoisotopic (exact) mass is 277 g/mol. The average Bonchev–Trinajstić information content (AvgIpc) is 2.38. The molecule has 2 rings (SSSR count). The highest BCUT2D eigenvalue weighted by molar-refractivity contribution is 5.49. The number of benzene rings is 2. The maximum atomic E-state index is 13.2. The van der Waals surface area contributed by atoms with Gasteiger partial charge >= 0.3 is 5.69 Å². The topological polar surface area (TPSA) is 72.6 Å². The van der Waals surface area contributed by atoms with Crippen LogP contribution in [0.4, 0.5) is 10.1 Å². The van der Waals surface area contributed by atoms with E-state index in [1.54, 1.807) is 31.2 Å². The Hall–Kier alpha value is -2.47. The van der Waals surface area contributed by atoms with Gasteiger partial charge in [0.25, 0.3) is 0 Å². The molecule has 1 N–H and O–H groups in total. The van der Waals surface area contributed by atoms with E-state index in [0.29, 0.717) is 5.56 Å². The number of nitro benzene ring substituents is 1. The third-order valence-electron chi connectivity index (χ3n) is 2.71. The highest BCUT2D eigenvalue weighted by Gasteiger charge is 2.18. The Labute approximate surface area is 114 Å². The molecule has 2 aromatic rings. The number of nitro groups is 1. The zero-order valence-corrected chi connectivity index (χ0v) is 10.6. The molecule has 0 aliphatic carbocycles. The lowest BCUT2D eigenvalue weighted by Crippen LogP contribution is -1.98. The number of ether oxygens (including phenoxy) is 1. The molecule has 20 heavy (non-hydrogen) atoms. The molecular weight excluding hydrogens is 265 g/mol. The summed E-state index contributed by atoms with van der Waals surface area (Å²) in [5.74, 6) is -0.598. The molecule has 0 saturated carbocycles. The predicted molar refractivity (Wildman–Crippen MR) is 70.2 cm³/mol. The van der Waals surface area contributed by atoms with Crippen molar-refractivity contribution < 1.29 is 19.2 Å². The van der Waals surface area contributed by atoms with Crippen LogP contribution >= 0.6 is 0 Å². The van der Waals surface area contributed by atoms with Gasteiger partial charge in [-0.25, -0.2) is 4.39 Å². The lowest BCUT2D eigenvalue weighted by molar-refractivity contribution is -0.385. The van der Waals surface area contributed by atoms with Crippen LogP contribution < -0.4 is 4.74 Å². The second-order valence-corrected chi connectivity index (χ2v) is 4.19. The van der Waals surface area contributed by atoms with Gasteiger partial charge in [-0.3, -0.25) is 10.1 Å². The number of rotatable bonds is 4. The quantitative estimate of drug-likeness (QED) is 0.684. The summed E-state index contributed by atoms with van der Waals surface area (Å²) >= 11 is 0. The second kappa shape index (κ2) is 5.66. The highest BCUT2D eigenvalue weighted by atomic mass is 19.1. The third kappa shape index (κ3) is 2.92. The summed E-state index contributed by atoms with van der Waals surface area (Å²) in [5.41, 5.74) is 0.123. The van der Waals surface area contributed by atoms with Crippen molar-refractivity contribution in [2.24, 2.45) is 0 Å². The van der Waals surface area contributed by atoms with Crippen LogP contribution in [0.3, 0.4) is 0 Å². The first-order valence-electron chi connectivity index (χ1n) is 5.88. The minimum Gasteiger partial charge on any atom is -0.450 e. The first-order valence-corrected chi connectivity index (χ1v) is 5.88. The van der Waals surface area contributed by atoms with Gasteiger partial charge in [-0.15, -0.1) is 0 Å². The first-order chi connectivity index (χ1) is 9.49. The Morgan fingerprint density at radius 1 is 1.25 bits per heavy atom. The molecule has 0 unspecified atom stereocenters. The zero-order valence-electron chi connectivity index (χ0n) is 10.6. The molecule has 104 valence electrons. The van der Waals surface area contributed by atoms with Crippen LogP contribution in [-0.4, -0.2) is 10.0 Å². The summed E-state index contributed by atoms with van der Waals surface area (Å²) in [4.78, 5) is 10.2. The van der Waals surface area contributed by atoms with Crippen LogP contribution in [0.15, 0.2) is 42.5 Å². The summed E-state index contributed by atoms with van der Waals surface area (Å²) in [5, 5.41) is 20.5. The van der Waals surface area contributed by atoms with Crippen LogP contribution in [0, 0.1) is 15.9 Å². The molecule has 0 aliphatic heterocycles. The van der Waals surface area contributed by atoms with Gasteiger partial charge in [0.2, 0.25) is 5.75 Å². The van der Waals surface area contributed by atoms with Crippen LogP contribution in [-0.2, 0) is 0 Å². The second-order valence-electron chi connectivity index (χ2n) is 4.19. The summed E-state index contributed by atoms with van der Waals surface area (Å²) < 4.78 is 18.6. The van der Waals surface area contributed by atoms with Crippen LogP contribution in [0.25, 0.3) is 0 Å². The normalized spacial score (nSPS) is 11.9. The van der Waals surface area contributed by atoms with E-state index < -0.39 is 16.8 Å². The molecule has 0 radical (unpaired) electrons. The Kier molecular flexibility index (Phi) is 3.95. The van der Waals surface area contributed by atoms with Gasteiger partial charge in [-0.2, -0.15) is 0 Å². The zero-order chi connectivity index (χ0) is 14.7. The lowest BCUT2D eigenvalue weighted by Gasteiger charge is -2.12. The van der Waals surface area contributed by atoms with Gasteiger partial charge in [0, 0.05) is 17.7 Å². The van der Waals surface area contributed by atoms with Crippen molar-refractivity contribution in [3.8, 4) is 11.5 Å². The number of halogens is 1. The number of hydrogen-bond donors (Lipinski definition) is 1. The average molecular weight is 277 g/mol. The van der Waals surface area contributed by atoms with Crippen molar-refractivity contribution in [2.75, 3.05) is 0 Å². The molecule has 0 saturated heterocycles. The van der Waals surface area contributed by atoms with E-state index in [4.69, 9.17) is 4.74 Å². The van der Waals surface area contributed by atoms with Gasteiger partial charge in [0.15, 0.2) is 0 Å². The molecule has 0 amide bonds. The number of nitrogens with zero attached hydrogens (tertiary/aromatic N) is 1. The van der Waals surface area contributed by atoms with Gasteiger partial charge < -0.3 is 9.84 Å². The van der Waals surface area contributed by atoms with E-state index in [-0.39, 0.29) is 17.2 Å². The summed E-state index contributed by atoms with van der Waals surface area (Å²) in [6.45, 7) is 1.54. The molecule has 0 aliphatic rings. The van der Waals surface area contributed by atoms with E-state index in [1.807, 2.05) is 0 Å². The molecule has 0 aromatic heterocycles. The van der Waals surface area contributed by atoms with Crippen molar-refractivity contribution in [1.29, 1.82) is 0 Å². The number of aliphatic hydroxyl groups excluding tert-OH is 1. The van der Waals surface area contributed by atoms with Gasteiger partial charge in [0.1, 0.15) is 11.6 Å². The standard InChI is InChI=1S/C14H12FNO4/c1-9(17)11-4-2-3-5-13(11)20-14-8-10(15)6-7-12(14)16(18)19/h2-9,17H,1H3/t9-/m1/s1. The van der Waals surface area contributed by atoms with E-state index in [9.17, 15) is 19.6 Å². The molecule has 0 heterocycles. The van der Waals surface area contributed by atoms with Crippen LogP contribution in [0.2, 0.25) is 0 Å². The molecule has 1 atom stereocenters. The maximum absolute atomic E-state index is 13.2. The number of hydrogen-bond acceptors (Lipinski definition) is 4. The van der Waals surface area contributed by atoms with Crippen LogP contribution in [0.1, 0.15) is 18.6 Å². The SMILES string of the molecule is C[C@@H](O)c1ccccc1Oc1cc(F)ccc1[N+](=O)[O-]. The Morgan fingerprint density at radius 2 is 1.95 bits per heavy atom. The fourth-order valence-corrected chi connectivity index (χ4v) is 1.76. The summed E-state index contributed by atoms with van der Waals surface area (Å²) in [7, 11) is 0. The largest absolute Gasteiger partial charge is 0.450 e. The molecule has 0 fully saturated rings. The Morgan fingerprint density at radius 3 is 2.60 bits per heavy atom. The van der Waals surface area contributed by atoms with Gasteiger partial charge in [0.05, 0.1) is 11.0 Å². The first kappa shape index (κ1) is 14.0. The van der Waals surface area contributed by atoms with Crippen molar-refractivity contribution in [3.63, 3.8) is 0 Å². The molecule has 0 bridgehead atoms. The minimum absolute atomic E-state index is 0.205. The van der Waals surface area contributed by atoms with Crippen molar-refractivity contribution in [2.45, 2.75) is 13.0 Å². The Bertz CT molecular complexity index is 643. The number of para-hydroxylation sites is 1. The predicted octanol–water partition coefficient (Wildman–Crippen LogP) is 3.58. The lowest BCUT2D eigenvalue weighted by atomic mass is 10.1. The maximum Gasteiger partial charge on any atom is 0.311 e. The van der Waals surface area contributed by atoms with Crippen molar-refractivity contribution in [3.05, 3.63) is 64.0 Å². The van der Waals surface area contributed by atoms with Crippen LogP contribution in [0.5, 0.6) is 11.5 Å². The van der Waals surface area contributed by atoms with Gasteiger partial charge in [-0.05, 0) is 19.1 Å². The summed E-state index contributed by atoms with van der Waals surface area (Å²) in [6, 6.07) is 9.52. The summed E-state index contributed by atoms with van der Waals surface area (Å²) in [6.07, 6.45) is -0.807. The fraction of sp³-hybridized carbons (Fsp3) is 0.143. The van der Waals surface area contributed by atoms with E-state index in [1.165, 1.54) is 0 Å². The van der Waals surface area contributed by atoms with Crippen molar-refractivity contribution >= 4 is 5.69 Å². The highest BCUT2D eigenvalue weighted by Crippen LogP contribution is 2.35. The Balaban J connectivity index is 2.45. The number of aliphatic hydroxyl groups is 1. The molecule has 6 heteroatoms. The molecule has 5 nitrogen and oxygen atoms in total. The van der Waals surface area contributed by atoms with E-state index in [2.05, 4.69) is 0 Å². The molecule has 2 aromatic carbocycles. The van der Waals surface area contributed by atoms with Crippen molar-refractivity contribution in [1.82, 2.24) is 0 Å². The smallest absolute Gasteiger partial charge is 0.311 e. The molecular formula is C14H12FNO4. The molecule has 0 spiro atoms. The van der Waals surface area contributed by atoms with E-state index >= 15 is 0 Å². The van der Waals surface area contributed by atoms with E-state index in [0.717, 1.165) is 18.2 Å². The van der Waals surface area contributed by atoms with Gasteiger partial charge in [-0.1, -0.05) is 18.2 Å². The fourth-order valence-electron chi connectivity index (χ4n) is 1.76. The minimum atomic E-state index is -0.807. The third-order valence-corrected chi connectivity index (χ3v) is 2.71.